The fraction of sp³-hybridized carbons (Fsp3) is 0.968. The molecule has 1 fully saturated rings. The quantitative estimate of drug-likeness (QED) is 0.0359. The lowest BCUT2D eigenvalue weighted by Gasteiger charge is -2.39. The molecule has 1 heterocycles. The second-order valence-corrected chi connectivity index (χ2v) is 22.1. The van der Waals surface area contributed by atoms with Gasteiger partial charge in [0.25, 0.3) is 0 Å². The molecule has 1 aliphatic heterocycles. The molecule has 0 bridgehead atoms. The third-order valence-electron chi connectivity index (χ3n) is 15.2. The van der Waals surface area contributed by atoms with E-state index in [1.807, 2.05) is 0 Å². The van der Waals surface area contributed by atoms with Crippen LogP contribution in [0, 0.1) is 11.8 Å². The van der Waals surface area contributed by atoms with E-state index >= 15 is 0 Å². The maximum Gasteiger partial charge on any atom is 0.305 e. The highest BCUT2D eigenvalue weighted by atomic mass is 16.7. The second kappa shape index (κ2) is 55.5. The number of carbonyl (C=O) groups excluding carboxylic acids is 2. The van der Waals surface area contributed by atoms with Gasteiger partial charge in [0.05, 0.1) is 26.1 Å². The van der Waals surface area contributed by atoms with Gasteiger partial charge in [0.1, 0.15) is 0 Å². The Balaban J connectivity index is 2.34. The zero-order valence-electron chi connectivity index (χ0n) is 48.9. The van der Waals surface area contributed by atoms with E-state index in [1.54, 1.807) is 0 Å². The van der Waals surface area contributed by atoms with Gasteiger partial charge in [-0.3, -0.25) is 9.59 Å². The minimum Gasteiger partial charge on any atom is -0.466 e. The average molecular weight is 1040 g/mol. The molecule has 1 N–H and O–H groups in total. The number of carbonyl (C=O) groups is 2. The van der Waals surface area contributed by atoms with Crippen molar-refractivity contribution in [1.29, 1.82) is 0 Å². The largest absolute Gasteiger partial charge is 0.466 e. The van der Waals surface area contributed by atoms with Gasteiger partial charge >= 0.3 is 11.9 Å². The van der Waals surface area contributed by atoms with Crippen molar-refractivity contribution in [3.63, 3.8) is 0 Å². The van der Waals surface area contributed by atoms with Crippen molar-refractivity contribution in [3.8, 4) is 0 Å². The number of hydrogen-bond acceptors (Lipinski definition) is 10. The predicted molar refractivity (Wildman–Crippen MR) is 305 cm³/mol. The number of aliphatic hydroxyl groups is 1. The Kier molecular flexibility index (Phi) is 53.0. The van der Waals surface area contributed by atoms with Crippen LogP contribution in [0.1, 0.15) is 304 Å². The van der Waals surface area contributed by atoms with Crippen molar-refractivity contribution in [2.24, 2.45) is 11.8 Å². The first-order valence-electron chi connectivity index (χ1n) is 32.1. The highest BCUT2D eigenvalue weighted by Gasteiger charge is 2.28. The highest BCUT2D eigenvalue weighted by molar-refractivity contribution is 5.69. The maximum absolute atomic E-state index is 12.7. The Bertz CT molecular complexity index is 1110. The maximum atomic E-state index is 12.7. The lowest BCUT2D eigenvalue weighted by molar-refractivity contribution is -0.159. The number of unbranched alkanes of at least 4 members (excludes halogenated alkanes) is 29. The molecule has 0 aromatic heterocycles. The van der Waals surface area contributed by atoms with E-state index in [9.17, 15) is 14.7 Å². The summed E-state index contributed by atoms with van der Waals surface area (Å²) in [6.45, 7) is 16.6. The van der Waals surface area contributed by atoms with Crippen LogP contribution < -0.4 is 0 Å². The molecule has 2 unspecified atom stereocenters. The minimum atomic E-state index is -0.319. The zero-order chi connectivity index (χ0) is 52.8. The Hall–Kier alpha value is -1.30. The summed E-state index contributed by atoms with van der Waals surface area (Å²) in [5.41, 5.74) is 0. The van der Waals surface area contributed by atoms with E-state index in [4.69, 9.17) is 28.4 Å². The van der Waals surface area contributed by atoms with Crippen LogP contribution in [-0.4, -0.2) is 100 Å². The normalized spacial score (nSPS) is 15.3. The smallest absolute Gasteiger partial charge is 0.305 e. The summed E-state index contributed by atoms with van der Waals surface area (Å²) in [5, 5.41) is 9.37. The molecule has 1 aliphatic rings. The van der Waals surface area contributed by atoms with E-state index in [0.29, 0.717) is 65.3 Å². The first-order valence-corrected chi connectivity index (χ1v) is 32.1. The first kappa shape index (κ1) is 69.7. The second-order valence-electron chi connectivity index (χ2n) is 22.1. The molecule has 0 spiro atoms. The van der Waals surface area contributed by atoms with Crippen molar-refractivity contribution < 1.29 is 43.1 Å². The van der Waals surface area contributed by atoms with Gasteiger partial charge in [-0.15, -0.1) is 0 Å². The van der Waals surface area contributed by atoms with Crippen LogP contribution in [0.3, 0.4) is 0 Å². The summed E-state index contributed by atoms with van der Waals surface area (Å²) in [6, 6.07) is 0. The summed E-state index contributed by atoms with van der Waals surface area (Å²) < 4.78 is 35.9. The molecule has 0 aliphatic carbocycles. The van der Waals surface area contributed by atoms with Crippen LogP contribution in [0.4, 0.5) is 0 Å². The average Bonchev–Trinajstić information content (AvgIpc) is 3.39. The molecule has 2 atom stereocenters. The van der Waals surface area contributed by atoms with Crippen LogP contribution in [0.15, 0.2) is 0 Å². The molecule has 1 rings (SSSR count). The molecule has 1 saturated heterocycles. The number of rotatable bonds is 58. The molecule has 0 aromatic rings. The van der Waals surface area contributed by atoms with Gasteiger partial charge in [0.15, 0.2) is 12.6 Å². The van der Waals surface area contributed by atoms with E-state index in [-0.39, 0.29) is 31.1 Å². The minimum absolute atomic E-state index is 0.130. The third-order valence-corrected chi connectivity index (χ3v) is 15.2. The molecule has 73 heavy (non-hydrogen) atoms. The molecule has 0 amide bonds. The number of esters is 2. The van der Waals surface area contributed by atoms with Crippen LogP contribution in [0.25, 0.3) is 0 Å². The highest BCUT2D eigenvalue weighted by Crippen LogP contribution is 2.33. The summed E-state index contributed by atoms with van der Waals surface area (Å²) >= 11 is 0. The van der Waals surface area contributed by atoms with Crippen LogP contribution >= 0.6 is 0 Å². The van der Waals surface area contributed by atoms with Crippen LogP contribution in [-0.2, 0) is 38.0 Å². The monoisotopic (exact) mass is 1040 g/mol. The van der Waals surface area contributed by atoms with Gasteiger partial charge in [-0.2, -0.15) is 0 Å². The van der Waals surface area contributed by atoms with Gasteiger partial charge in [0.2, 0.25) is 0 Å². The number of ether oxygens (including phenoxy) is 6. The van der Waals surface area contributed by atoms with E-state index in [0.717, 1.165) is 82.6 Å². The Morgan fingerprint density at radius 2 is 0.740 bits per heavy atom. The third kappa shape index (κ3) is 46.5. The van der Waals surface area contributed by atoms with Crippen molar-refractivity contribution in [2.75, 3.05) is 65.9 Å². The van der Waals surface area contributed by atoms with Crippen molar-refractivity contribution in [2.45, 2.75) is 316 Å². The molecule has 0 saturated carbocycles. The number of likely N-dealkylation sites (tertiary alicyclic amines) is 1. The molecule has 0 aromatic carbocycles. The summed E-state index contributed by atoms with van der Waals surface area (Å²) in [7, 11) is 0. The van der Waals surface area contributed by atoms with E-state index < -0.39 is 0 Å². The van der Waals surface area contributed by atoms with Crippen LogP contribution in [0.2, 0.25) is 0 Å². The van der Waals surface area contributed by atoms with E-state index in [1.165, 1.54) is 199 Å². The number of hydrogen-bond donors (Lipinski definition) is 1. The van der Waals surface area contributed by atoms with Crippen molar-refractivity contribution in [1.82, 2.24) is 4.90 Å². The van der Waals surface area contributed by atoms with Crippen LogP contribution in [0.5, 0.6) is 0 Å². The Morgan fingerprint density at radius 1 is 0.411 bits per heavy atom. The topological polar surface area (TPSA) is 113 Å². The molecule has 10 nitrogen and oxygen atoms in total. The van der Waals surface area contributed by atoms with Gasteiger partial charge in [-0.05, 0) is 89.1 Å². The fourth-order valence-electron chi connectivity index (χ4n) is 10.4. The zero-order valence-corrected chi connectivity index (χ0v) is 48.9. The molecular weight excluding hydrogens is 915 g/mol. The Morgan fingerprint density at radius 3 is 1.11 bits per heavy atom. The Labute approximate surface area is 452 Å². The summed E-state index contributed by atoms with van der Waals surface area (Å²) in [6.07, 6.45) is 48.0. The lowest BCUT2D eigenvalue weighted by atomic mass is 9.79. The van der Waals surface area contributed by atoms with Gasteiger partial charge in [-0.25, -0.2) is 0 Å². The number of aliphatic hydroxyl groups excluding tert-OH is 1. The standard InChI is InChI=1S/C63H123NO9/c1-5-9-13-17-25-37-53-70-62(71-54-38-26-18-14-10-6-2)45-43-60(66)68-51-35-29-21-23-31-41-58-47-49-64(48-33-34-50-65)57-59(58)42-32-24-22-30-36-52-69-61(67)44-46-63(72-55-39-27-19-15-11-7-3)73-56-40-28-20-16-12-8-4/h58-59,62-63,65H,5-57H2,1-4H3. The molecule has 0 radical (unpaired) electrons. The van der Waals surface area contributed by atoms with Crippen molar-refractivity contribution in [3.05, 3.63) is 0 Å². The lowest BCUT2D eigenvalue weighted by Crippen LogP contribution is -2.41. The van der Waals surface area contributed by atoms with Gasteiger partial charge in [-0.1, -0.05) is 214 Å². The first-order chi connectivity index (χ1) is 36.0. The van der Waals surface area contributed by atoms with Crippen molar-refractivity contribution >= 4 is 11.9 Å². The predicted octanol–water partition coefficient (Wildman–Crippen LogP) is 17.2. The SMILES string of the molecule is CCCCCCCCOC(CCC(=O)OCCCCCCCC1CCN(CCCCO)CC1CCCCCCCOC(=O)CCC(OCCCCCCCC)OCCCCCCCC)OCCCCCCCC. The fourth-order valence-corrected chi connectivity index (χ4v) is 10.4. The van der Waals surface area contributed by atoms with Gasteiger partial charge < -0.3 is 38.4 Å². The molecular formula is C63H123NO9. The van der Waals surface area contributed by atoms with Gasteiger partial charge in [0, 0.05) is 52.4 Å². The summed E-state index contributed by atoms with van der Waals surface area (Å²) in [5.74, 6) is 1.28. The van der Waals surface area contributed by atoms with E-state index in [2.05, 4.69) is 32.6 Å². The number of nitrogens with zero attached hydrogens (tertiary/aromatic N) is 1. The number of piperidine rings is 1. The molecule has 434 valence electrons. The summed E-state index contributed by atoms with van der Waals surface area (Å²) in [4.78, 5) is 28.0. The molecule has 10 heteroatoms.